The van der Waals surface area contributed by atoms with Crippen LogP contribution in [0.4, 0.5) is 0 Å². The van der Waals surface area contributed by atoms with Crippen LogP contribution in [0, 0.1) is 6.92 Å². The standard InChI is InChI=1S/C14H24N2S/c1-11-8-10-17-14(11)7-9-16(2)13-6-4-3-5-12(13)15/h8,10,12-13H,3-7,9,15H2,1-2H3. The molecular weight excluding hydrogens is 228 g/mol. The van der Waals surface area contributed by atoms with Gasteiger partial charge in [0.1, 0.15) is 0 Å². The Kier molecular flexibility index (Phi) is 4.60. The van der Waals surface area contributed by atoms with Crippen molar-refractivity contribution in [1.29, 1.82) is 0 Å². The lowest BCUT2D eigenvalue weighted by molar-refractivity contribution is 0.171. The van der Waals surface area contributed by atoms with Crippen molar-refractivity contribution in [3.8, 4) is 0 Å². The average Bonchev–Trinajstić information content (AvgIpc) is 2.72. The largest absolute Gasteiger partial charge is 0.326 e. The summed E-state index contributed by atoms with van der Waals surface area (Å²) >= 11 is 1.88. The first-order valence-corrected chi connectivity index (χ1v) is 7.55. The second-order valence-corrected chi connectivity index (χ2v) is 6.27. The molecule has 2 nitrogen and oxygen atoms in total. The van der Waals surface area contributed by atoms with E-state index >= 15 is 0 Å². The molecule has 1 heterocycles. The molecule has 2 atom stereocenters. The van der Waals surface area contributed by atoms with Crippen molar-refractivity contribution in [3.63, 3.8) is 0 Å². The van der Waals surface area contributed by atoms with Gasteiger partial charge in [-0.15, -0.1) is 11.3 Å². The van der Waals surface area contributed by atoms with Gasteiger partial charge in [-0.3, -0.25) is 0 Å². The molecule has 0 aromatic carbocycles. The highest BCUT2D eigenvalue weighted by molar-refractivity contribution is 7.10. The highest BCUT2D eigenvalue weighted by Gasteiger charge is 2.25. The van der Waals surface area contributed by atoms with Gasteiger partial charge >= 0.3 is 0 Å². The van der Waals surface area contributed by atoms with Crippen LogP contribution in [0.5, 0.6) is 0 Å². The summed E-state index contributed by atoms with van der Waals surface area (Å²) in [6.07, 6.45) is 6.31. The maximum Gasteiger partial charge on any atom is 0.0244 e. The maximum absolute atomic E-state index is 6.22. The third-order valence-corrected chi connectivity index (χ3v) is 5.09. The fourth-order valence-electron chi connectivity index (χ4n) is 2.79. The zero-order chi connectivity index (χ0) is 12.3. The third-order valence-electron chi connectivity index (χ3n) is 4.01. The number of nitrogens with two attached hydrogens (primary N) is 1. The smallest absolute Gasteiger partial charge is 0.0244 e. The lowest BCUT2D eigenvalue weighted by Gasteiger charge is -2.36. The molecule has 0 amide bonds. The molecule has 2 rings (SSSR count). The van der Waals surface area contributed by atoms with Gasteiger partial charge in [0.2, 0.25) is 0 Å². The van der Waals surface area contributed by atoms with Crippen LogP contribution in [-0.2, 0) is 6.42 Å². The summed E-state index contributed by atoms with van der Waals surface area (Å²) < 4.78 is 0. The minimum absolute atomic E-state index is 0.387. The topological polar surface area (TPSA) is 29.3 Å². The average molecular weight is 252 g/mol. The van der Waals surface area contributed by atoms with E-state index in [4.69, 9.17) is 5.73 Å². The van der Waals surface area contributed by atoms with E-state index in [1.165, 1.54) is 42.5 Å². The Hall–Kier alpha value is -0.380. The Morgan fingerprint density at radius 3 is 2.82 bits per heavy atom. The predicted molar refractivity (Wildman–Crippen MR) is 75.6 cm³/mol. The molecule has 1 aliphatic carbocycles. The van der Waals surface area contributed by atoms with Crippen molar-refractivity contribution in [2.24, 2.45) is 5.73 Å². The summed E-state index contributed by atoms with van der Waals surface area (Å²) in [4.78, 5) is 4.00. The summed E-state index contributed by atoms with van der Waals surface area (Å²) in [6, 6.07) is 3.20. The minimum atomic E-state index is 0.387. The molecule has 1 saturated carbocycles. The second kappa shape index (κ2) is 5.98. The molecule has 0 aliphatic heterocycles. The van der Waals surface area contributed by atoms with Crippen molar-refractivity contribution >= 4 is 11.3 Å². The van der Waals surface area contributed by atoms with Gasteiger partial charge < -0.3 is 10.6 Å². The van der Waals surface area contributed by atoms with E-state index in [1.807, 2.05) is 11.3 Å². The monoisotopic (exact) mass is 252 g/mol. The molecule has 0 spiro atoms. The van der Waals surface area contributed by atoms with Crippen molar-refractivity contribution in [3.05, 3.63) is 21.9 Å². The quantitative estimate of drug-likeness (QED) is 0.893. The Morgan fingerprint density at radius 2 is 2.18 bits per heavy atom. The van der Waals surface area contributed by atoms with Crippen LogP contribution in [0.3, 0.4) is 0 Å². The van der Waals surface area contributed by atoms with Gasteiger partial charge in [0.15, 0.2) is 0 Å². The van der Waals surface area contributed by atoms with Gasteiger partial charge in [-0.2, -0.15) is 0 Å². The summed E-state index contributed by atoms with van der Waals surface area (Å²) in [7, 11) is 2.23. The Bertz CT molecular complexity index is 348. The molecule has 0 radical (unpaired) electrons. The lowest BCUT2D eigenvalue weighted by atomic mass is 9.90. The van der Waals surface area contributed by atoms with E-state index in [9.17, 15) is 0 Å². The normalized spacial score (nSPS) is 25.4. The van der Waals surface area contributed by atoms with Crippen LogP contribution in [0.15, 0.2) is 11.4 Å². The lowest BCUT2D eigenvalue weighted by Crippen LogP contribution is -2.48. The van der Waals surface area contributed by atoms with Crippen LogP contribution in [0.25, 0.3) is 0 Å². The molecular formula is C14H24N2S. The summed E-state index contributed by atoms with van der Waals surface area (Å²) in [5, 5.41) is 2.19. The molecule has 1 aromatic heterocycles. The highest BCUT2D eigenvalue weighted by Crippen LogP contribution is 2.22. The second-order valence-electron chi connectivity index (χ2n) is 5.27. The molecule has 1 aliphatic rings. The van der Waals surface area contributed by atoms with Crippen molar-refractivity contribution < 1.29 is 0 Å². The summed E-state index contributed by atoms with van der Waals surface area (Å²) in [5.41, 5.74) is 7.66. The summed E-state index contributed by atoms with van der Waals surface area (Å²) in [6.45, 7) is 3.35. The molecule has 3 heteroatoms. The number of likely N-dealkylation sites (N-methyl/N-ethyl adjacent to an activating group) is 1. The van der Waals surface area contributed by atoms with Gasteiger partial charge in [-0.25, -0.2) is 0 Å². The van der Waals surface area contributed by atoms with Crippen LogP contribution in [0.1, 0.15) is 36.1 Å². The molecule has 1 aromatic rings. The van der Waals surface area contributed by atoms with Gasteiger partial charge in [0.25, 0.3) is 0 Å². The molecule has 1 fully saturated rings. The van der Waals surface area contributed by atoms with Gasteiger partial charge in [0, 0.05) is 23.5 Å². The van der Waals surface area contributed by atoms with Crippen LogP contribution in [-0.4, -0.2) is 30.6 Å². The Labute approximate surface area is 109 Å². The number of hydrogen-bond acceptors (Lipinski definition) is 3. The van der Waals surface area contributed by atoms with Crippen molar-refractivity contribution in [1.82, 2.24) is 4.90 Å². The van der Waals surface area contributed by atoms with E-state index in [0.29, 0.717) is 12.1 Å². The number of aryl methyl sites for hydroxylation is 1. The molecule has 96 valence electrons. The summed E-state index contributed by atoms with van der Waals surface area (Å²) in [5.74, 6) is 0. The van der Waals surface area contributed by atoms with E-state index in [1.54, 1.807) is 0 Å². The SMILES string of the molecule is Cc1ccsc1CCN(C)C1CCCCC1N. The molecule has 0 saturated heterocycles. The first kappa shape index (κ1) is 13.1. The van der Waals surface area contributed by atoms with Gasteiger partial charge in [-0.05, 0) is 50.2 Å². The van der Waals surface area contributed by atoms with E-state index in [-0.39, 0.29) is 0 Å². The van der Waals surface area contributed by atoms with Crippen LogP contribution < -0.4 is 5.73 Å². The van der Waals surface area contributed by atoms with Crippen molar-refractivity contribution in [2.75, 3.05) is 13.6 Å². The number of nitrogens with zero attached hydrogens (tertiary/aromatic N) is 1. The number of thiophene rings is 1. The van der Waals surface area contributed by atoms with Gasteiger partial charge in [-0.1, -0.05) is 12.8 Å². The maximum atomic E-state index is 6.22. The zero-order valence-corrected chi connectivity index (χ0v) is 11.8. The fourth-order valence-corrected chi connectivity index (χ4v) is 3.69. The molecule has 17 heavy (non-hydrogen) atoms. The molecule has 2 N–H and O–H groups in total. The van der Waals surface area contributed by atoms with E-state index < -0.39 is 0 Å². The third kappa shape index (κ3) is 3.30. The van der Waals surface area contributed by atoms with Crippen LogP contribution >= 0.6 is 11.3 Å². The molecule has 0 bridgehead atoms. The minimum Gasteiger partial charge on any atom is -0.326 e. The number of hydrogen-bond donors (Lipinski definition) is 1. The van der Waals surface area contributed by atoms with E-state index in [0.717, 1.165) is 6.54 Å². The number of rotatable bonds is 4. The van der Waals surface area contributed by atoms with E-state index in [2.05, 4.69) is 30.3 Å². The van der Waals surface area contributed by atoms with Gasteiger partial charge in [0.05, 0.1) is 0 Å². The highest BCUT2D eigenvalue weighted by atomic mass is 32.1. The first-order valence-electron chi connectivity index (χ1n) is 6.67. The zero-order valence-electron chi connectivity index (χ0n) is 11.0. The van der Waals surface area contributed by atoms with Crippen molar-refractivity contribution in [2.45, 2.75) is 51.1 Å². The predicted octanol–water partition coefficient (Wildman–Crippen LogP) is 2.80. The first-order chi connectivity index (χ1) is 8.18. The fraction of sp³-hybridized carbons (Fsp3) is 0.714. The Balaban J connectivity index is 1.84. The molecule has 2 unspecified atom stereocenters. The Morgan fingerprint density at radius 1 is 1.41 bits per heavy atom. The van der Waals surface area contributed by atoms with Crippen LogP contribution in [0.2, 0.25) is 0 Å².